The van der Waals surface area contributed by atoms with Crippen LogP contribution in [0, 0.1) is 11.8 Å². The molecule has 1 amide bonds. The third kappa shape index (κ3) is 4.38. The number of rotatable bonds is 2. The first-order valence-corrected chi connectivity index (χ1v) is 11.1. The summed E-state index contributed by atoms with van der Waals surface area (Å²) in [5.41, 5.74) is 1.89. The molecular weight excluding hydrogens is 352 g/mol. The van der Waals surface area contributed by atoms with Gasteiger partial charge in [0.15, 0.2) is 0 Å². The van der Waals surface area contributed by atoms with Gasteiger partial charge in [-0.1, -0.05) is 19.9 Å². The van der Waals surface area contributed by atoms with Crippen LogP contribution in [0.3, 0.4) is 0 Å². The summed E-state index contributed by atoms with van der Waals surface area (Å²) in [5, 5.41) is 3.00. The Balaban J connectivity index is 1.80. The second kappa shape index (κ2) is 7.56. The monoisotopic (exact) mass is 380 g/mol. The molecule has 2 atom stereocenters. The van der Waals surface area contributed by atoms with Gasteiger partial charge in [-0.05, 0) is 48.3 Å². The summed E-state index contributed by atoms with van der Waals surface area (Å²) in [6, 6.07) is 5.92. The van der Waals surface area contributed by atoms with Crippen LogP contribution in [0.25, 0.3) is 0 Å². The zero-order valence-corrected chi connectivity index (χ0v) is 16.5. The number of nitrogens with one attached hydrogen (secondary N) is 1. The van der Waals surface area contributed by atoms with Gasteiger partial charge in [0.2, 0.25) is 15.9 Å². The van der Waals surface area contributed by atoms with Gasteiger partial charge in [0, 0.05) is 19.5 Å². The SMILES string of the molecule is CC(C)c1ccc2c(c1)NC(=O)C[C@@H]1CCN(S(C)(=O)=O)C[C@@H]1CCO2. The third-order valence-electron chi connectivity index (χ3n) is 5.46. The minimum atomic E-state index is -3.20. The highest BCUT2D eigenvalue weighted by Gasteiger charge is 2.34. The van der Waals surface area contributed by atoms with E-state index in [4.69, 9.17) is 4.74 Å². The van der Waals surface area contributed by atoms with Crippen LogP contribution in [0.2, 0.25) is 0 Å². The number of benzene rings is 1. The smallest absolute Gasteiger partial charge is 0.224 e. The van der Waals surface area contributed by atoms with Crippen LogP contribution in [0.5, 0.6) is 5.75 Å². The largest absolute Gasteiger partial charge is 0.491 e. The van der Waals surface area contributed by atoms with E-state index in [0.717, 1.165) is 17.7 Å². The lowest BCUT2D eigenvalue weighted by Gasteiger charge is -2.37. The Labute approximate surface area is 156 Å². The van der Waals surface area contributed by atoms with Gasteiger partial charge in [0.25, 0.3) is 0 Å². The van der Waals surface area contributed by atoms with Gasteiger partial charge in [-0.25, -0.2) is 12.7 Å². The predicted octanol–water partition coefficient (Wildman–Crippen LogP) is 2.82. The molecule has 2 aliphatic rings. The lowest BCUT2D eigenvalue weighted by Crippen LogP contribution is -2.44. The fraction of sp³-hybridized carbons (Fsp3) is 0.632. The van der Waals surface area contributed by atoms with Crippen molar-refractivity contribution in [2.24, 2.45) is 11.8 Å². The molecule has 3 rings (SSSR count). The molecule has 0 unspecified atom stereocenters. The minimum absolute atomic E-state index is 0.0274. The summed E-state index contributed by atoms with van der Waals surface area (Å²) in [7, 11) is -3.20. The fourth-order valence-corrected chi connectivity index (χ4v) is 4.73. The predicted molar refractivity (Wildman–Crippen MR) is 102 cm³/mol. The van der Waals surface area contributed by atoms with Crippen LogP contribution in [0.15, 0.2) is 18.2 Å². The van der Waals surface area contributed by atoms with Crippen molar-refractivity contribution in [3.05, 3.63) is 23.8 Å². The molecule has 0 saturated carbocycles. The Kier molecular flexibility index (Phi) is 5.58. The number of nitrogens with zero attached hydrogens (tertiary/aromatic N) is 1. The van der Waals surface area contributed by atoms with E-state index in [-0.39, 0.29) is 17.7 Å². The van der Waals surface area contributed by atoms with Crippen LogP contribution in [-0.2, 0) is 14.8 Å². The van der Waals surface area contributed by atoms with E-state index in [2.05, 4.69) is 19.2 Å². The Bertz CT molecular complexity index is 776. The van der Waals surface area contributed by atoms with Crippen molar-refractivity contribution in [2.45, 2.75) is 39.0 Å². The van der Waals surface area contributed by atoms with Crippen LogP contribution in [0.1, 0.15) is 44.6 Å². The standard InChI is InChI=1S/C19H28N2O4S/c1-13(2)14-4-5-18-17(10-14)20-19(22)11-15-6-8-21(26(3,23)24)12-16(15)7-9-25-18/h4-5,10,13,15-16H,6-9,11-12H2,1-3H3,(H,20,22)/t15-,16-/m0/s1. The molecule has 6 nitrogen and oxygen atoms in total. The molecule has 2 aliphatic heterocycles. The average molecular weight is 381 g/mol. The van der Waals surface area contributed by atoms with E-state index < -0.39 is 10.0 Å². The van der Waals surface area contributed by atoms with E-state index >= 15 is 0 Å². The quantitative estimate of drug-likeness (QED) is 0.856. The van der Waals surface area contributed by atoms with Crippen molar-refractivity contribution >= 4 is 21.6 Å². The zero-order valence-electron chi connectivity index (χ0n) is 15.7. The highest BCUT2D eigenvalue weighted by atomic mass is 32.2. The highest BCUT2D eigenvalue weighted by Crippen LogP contribution is 2.34. The van der Waals surface area contributed by atoms with E-state index in [9.17, 15) is 13.2 Å². The van der Waals surface area contributed by atoms with Crippen molar-refractivity contribution in [1.29, 1.82) is 0 Å². The van der Waals surface area contributed by atoms with Crippen LogP contribution >= 0.6 is 0 Å². The number of amides is 1. The van der Waals surface area contributed by atoms with E-state index in [1.54, 1.807) is 0 Å². The van der Waals surface area contributed by atoms with Gasteiger partial charge in [-0.15, -0.1) is 0 Å². The summed E-state index contributed by atoms with van der Waals surface area (Å²) in [6.45, 7) is 5.71. The van der Waals surface area contributed by atoms with Gasteiger partial charge in [0.1, 0.15) is 5.75 Å². The lowest BCUT2D eigenvalue weighted by atomic mass is 9.82. The Morgan fingerprint density at radius 3 is 2.69 bits per heavy atom. The summed E-state index contributed by atoms with van der Waals surface area (Å²) in [5.74, 6) is 1.35. The molecule has 0 aliphatic carbocycles. The Morgan fingerprint density at radius 1 is 1.23 bits per heavy atom. The van der Waals surface area contributed by atoms with Crippen molar-refractivity contribution < 1.29 is 17.9 Å². The molecule has 1 aromatic rings. The molecule has 2 heterocycles. The van der Waals surface area contributed by atoms with Crippen molar-refractivity contribution in [3.8, 4) is 5.75 Å². The summed E-state index contributed by atoms with van der Waals surface area (Å²) >= 11 is 0. The second-order valence-corrected chi connectivity index (χ2v) is 9.71. The molecule has 1 fully saturated rings. The van der Waals surface area contributed by atoms with E-state index in [1.807, 2.05) is 18.2 Å². The van der Waals surface area contributed by atoms with Crippen LogP contribution in [0.4, 0.5) is 5.69 Å². The van der Waals surface area contributed by atoms with E-state index in [1.165, 1.54) is 10.6 Å². The van der Waals surface area contributed by atoms with Gasteiger partial charge in [-0.2, -0.15) is 0 Å². The number of ether oxygens (including phenoxy) is 1. The molecule has 7 heteroatoms. The summed E-state index contributed by atoms with van der Waals surface area (Å²) < 4.78 is 31.2. The van der Waals surface area contributed by atoms with Crippen molar-refractivity contribution in [2.75, 3.05) is 31.3 Å². The van der Waals surface area contributed by atoms with Gasteiger partial charge >= 0.3 is 0 Å². The van der Waals surface area contributed by atoms with E-state index in [0.29, 0.717) is 44.2 Å². The molecule has 1 aromatic carbocycles. The Hall–Kier alpha value is -1.60. The normalized spacial score (nSPS) is 25.0. The van der Waals surface area contributed by atoms with Crippen LogP contribution in [-0.4, -0.2) is 44.6 Å². The molecule has 0 spiro atoms. The molecule has 1 saturated heterocycles. The first kappa shape index (κ1) is 19.2. The topological polar surface area (TPSA) is 75.7 Å². The first-order chi connectivity index (χ1) is 12.2. The van der Waals surface area contributed by atoms with Crippen molar-refractivity contribution in [1.82, 2.24) is 4.31 Å². The van der Waals surface area contributed by atoms with Crippen LogP contribution < -0.4 is 10.1 Å². The number of fused-ring (bicyclic) bond motifs is 2. The molecular formula is C19H28N2O4S. The summed E-state index contributed by atoms with van der Waals surface area (Å²) in [4.78, 5) is 12.6. The average Bonchev–Trinajstić information content (AvgIpc) is 2.56. The number of carbonyl (C=O) groups excluding carboxylic acids is 1. The number of piperidine rings is 1. The zero-order chi connectivity index (χ0) is 18.9. The lowest BCUT2D eigenvalue weighted by molar-refractivity contribution is -0.117. The molecule has 144 valence electrons. The number of hydrogen-bond donors (Lipinski definition) is 1. The maximum Gasteiger partial charge on any atom is 0.224 e. The molecule has 0 bridgehead atoms. The first-order valence-electron chi connectivity index (χ1n) is 9.25. The fourth-order valence-electron chi connectivity index (χ4n) is 3.83. The second-order valence-electron chi connectivity index (χ2n) is 7.73. The van der Waals surface area contributed by atoms with Gasteiger partial charge < -0.3 is 10.1 Å². The number of carbonyl (C=O) groups is 1. The molecule has 0 aromatic heterocycles. The molecule has 26 heavy (non-hydrogen) atoms. The maximum absolute atomic E-state index is 12.6. The molecule has 1 N–H and O–H groups in total. The van der Waals surface area contributed by atoms with Crippen molar-refractivity contribution in [3.63, 3.8) is 0 Å². The Morgan fingerprint density at radius 2 is 2.00 bits per heavy atom. The number of sulfonamides is 1. The third-order valence-corrected chi connectivity index (χ3v) is 6.73. The minimum Gasteiger partial charge on any atom is -0.491 e. The number of anilines is 1. The molecule has 0 radical (unpaired) electrons. The maximum atomic E-state index is 12.6. The highest BCUT2D eigenvalue weighted by molar-refractivity contribution is 7.88. The van der Waals surface area contributed by atoms with Gasteiger partial charge in [0.05, 0.1) is 18.6 Å². The van der Waals surface area contributed by atoms with Gasteiger partial charge in [-0.3, -0.25) is 4.79 Å². The summed E-state index contributed by atoms with van der Waals surface area (Å²) in [6.07, 6.45) is 3.13. The number of hydrogen-bond acceptors (Lipinski definition) is 4.